The summed E-state index contributed by atoms with van der Waals surface area (Å²) in [6.07, 6.45) is 0. The van der Waals surface area contributed by atoms with Gasteiger partial charge < -0.3 is 10.2 Å². The molecule has 1 fully saturated rings. The Labute approximate surface area is 168 Å². The predicted molar refractivity (Wildman–Crippen MR) is 112 cm³/mol. The average molecular weight is 392 g/mol. The number of thiazole rings is 1. The number of para-hydroxylation sites is 1. The highest BCUT2D eigenvalue weighted by atomic mass is 32.1. The average Bonchev–Trinajstić information content (AvgIpc) is 3.18. The number of hydrogen-bond acceptors (Lipinski definition) is 6. The van der Waals surface area contributed by atoms with Gasteiger partial charge in [-0.25, -0.2) is 4.98 Å². The van der Waals surface area contributed by atoms with Crippen LogP contribution in [0.4, 0.5) is 5.13 Å². The number of anilines is 1. The fraction of sp³-hybridized carbons (Fsp3) is 0.286. The van der Waals surface area contributed by atoms with Crippen LogP contribution in [0.25, 0.3) is 10.2 Å². The van der Waals surface area contributed by atoms with E-state index in [9.17, 15) is 4.79 Å². The molecule has 1 aliphatic rings. The summed E-state index contributed by atoms with van der Waals surface area (Å²) < 4.78 is 1.23. The Hall–Kier alpha value is -2.95. The molecule has 1 N–H and O–H groups in total. The number of carbonyl (C=O) groups excluding carboxylic acids is 1. The second-order valence-electron chi connectivity index (χ2n) is 6.74. The maximum absolute atomic E-state index is 12.2. The molecule has 1 aromatic heterocycles. The van der Waals surface area contributed by atoms with Crippen molar-refractivity contribution in [2.24, 2.45) is 0 Å². The topological polar surface area (TPSA) is 72.3 Å². The van der Waals surface area contributed by atoms with Gasteiger partial charge in [0.1, 0.15) is 0 Å². The van der Waals surface area contributed by atoms with Crippen molar-refractivity contribution in [2.45, 2.75) is 0 Å². The molecule has 0 bridgehead atoms. The first-order chi connectivity index (χ1) is 13.7. The Morgan fingerprint density at radius 2 is 1.86 bits per heavy atom. The second-order valence-corrected chi connectivity index (χ2v) is 7.75. The van der Waals surface area contributed by atoms with Gasteiger partial charge >= 0.3 is 0 Å². The number of amides is 1. The van der Waals surface area contributed by atoms with Crippen LogP contribution >= 0.6 is 11.3 Å². The molecule has 0 atom stereocenters. The summed E-state index contributed by atoms with van der Waals surface area (Å²) in [7, 11) is 0. The zero-order chi connectivity index (χ0) is 19.3. The highest BCUT2D eigenvalue weighted by Gasteiger charge is 2.19. The van der Waals surface area contributed by atoms with Crippen LogP contribution in [0.1, 0.15) is 15.9 Å². The summed E-state index contributed by atoms with van der Waals surface area (Å²) >= 11 is 1.75. The SMILES string of the molecule is N#Cc1ccc(C(=O)NCCN2CCN(c3nc4ccccc4s3)CC2)cc1. The fourth-order valence-corrected chi connectivity index (χ4v) is 4.30. The predicted octanol–water partition coefficient (Wildman–Crippen LogP) is 2.72. The molecule has 1 saturated heterocycles. The van der Waals surface area contributed by atoms with E-state index < -0.39 is 0 Å². The number of rotatable bonds is 5. The van der Waals surface area contributed by atoms with Crippen molar-refractivity contribution in [3.63, 3.8) is 0 Å². The molecule has 0 saturated carbocycles. The van der Waals surface area contributed by atoms with Crippen molar-refractivity contribution >= 4 is 32.6 Å². The minimum Gasteiger partial charge on any atom is -0.351 e. The molecule has 0 aliphatic carbocycles. The third-order valence-electron chi connectivity index (χ3n) is 4.92. The third-order valence-corrected chi connectivity index (χ3v) is 6.01. The molecule has 7 heteroatoms. The number of benzene rings is 2. The smallest absolute Gasteiger partial charge is 0.251 e. The van der Waals surface area contributed by atoms with E-state index in [0.717, 1.165) is 43.4 Å². The molecule has 142 valence electrons. The maximum atomic E-state index is 12.2. The highest BCUT2D eigenvalue weighted by Crippen LogP contribution is 2.28. The molecule has 2 heterocycles. The summed E-state index contributed by atoms with van der Waals surface area (Å²) in [5, 5.41) is 12.9. The van der Waals surface area contributed by atoms with Crippen LogP contribution in [0.3, 0.4) is 0 Å². The Bertz CT molecular complexity index is 967. The molecular formula is C21H21N5OS. The number of nitrogens with one attached hydrogen (secondary N) is 1. The van der Waals surface area contributed by atoms with Crippen molar-refractivity contribution < 1.29 is 4.79 Å². The summed E-state index contributed by atoms with van der Waals surface area (Å²) in [5.74, 6) is -0.0994. The minimum atomic E-state index is -0.0994. The highest BCUT2D eigenvalue weighted by molar-refractivity contribution is 7.22. The van der Waals surface area contributed by atoms with Crippen molar-refractivity contribution in [1.82, 2.24) is 15.2 Å². The number of aromatic nitrogens is 1. The molecule has 3 aromatic rings. The van der Waals surface area contributed by atoms with Gasteiger partial charge in [0.05, 0.1) is 21.8 Å². The molecule has 0 spiro atoms. The molecule has 0 radical (unpaired) electrons. The zero-order valence-corrected chi connectivity index (χ0v) is 16.3. The van der Waals surface area contributed by atoms with E-state index in [1.807, 2.05) is 6.07 Å². The molecule has 4 rings (SSSR count). The number of nitrogens with zero attached hydrogens (tertiary/aromatic N) is 4. The van der Waals surface area contributed by atoms with E-state index in [2.05, 4.69) is 39.4 Å². The van der Waals surface area contributed by atoms with Crippen molar-refractivity contribution in [3.05, 3.63) is 59.7 Å². The molecular weight excluding hydrogens is 370 g/mol. The lowest BCUT2D eigenvalue weighted by Gasteiger charge is -2.34. The Morgan fingerprint density at radius 1 is 1.11 bits per heavy atom. The quantitative estimate of drug-likeness (QED) is 0.724. The van der Waals surface area contributed by atoms with Gasteiger partial charge in [0.2, 0.25) is 0 Å². The third kappa shape index (κ3) is 4.14. The van der Waals surface area contributed by atoms with Crippen molar-refractivity contribution in [2.75, 3.05) is 44.2 Å². The molecule has 1 aliphatic heterocycles. The lowest BCUT2D eigenvalue weighted by molar-refractivity contribution is 0.0948. The standard InChI is InChI=1S/C21H21N5OS/c22-15-16-5-7-17(8-6-16)20(27)23-9-10-25-11-13-26(14-12-25)21-24-18-3-1-2-4-19(18)28-21/h1-8H,9-14H2,(H,23,27). The summed E-state index contributed by atoms with van der Waals surface area (Å²) in [6.45, 7) is 5.26. The van der Waals surface area contributed by atoms with Gasteiger partial charge in [0.15, 0.2) is 5.13 Å². The van der Waals surface area contributed by atoms with Gasteiger partial charge in [-0.2, -0.15) is 5.26 Å². The van der Waals surface area contributed by atoms with Crippen LogP contribution in [-0.4, -0.2) is 55.1 Å². The van der Waals surface area contributed by atoms with Crippen LogP contribution in [-0.2, 0) is 0 Å². The molecule has 2 aromatic carbocycles. The second kappa shape index (κ2) is 8.38. The minimum absolute atomic E-state index is 0.0994. The van der Waals surface area contributed by atoms with E-state index in [1.54, 1.807) is 35.6 Å². The largest absolute Gasteiger partial charge is 0.351 e. The number of carbonyl (C=O) groups is 1. The Morgan fingerprint density at radius 3 is 2.57 bits per heavy atom. The molecule has 1 amide bonds. The van der Waals surface area contributed by atoms with Crippen molar-refractivity contribution in [1.29, 1.82) is 5.26 Å². The molecule has 0 unspecified atom stereocenters. The van der Waals surface area contributed by atoms with Crippen LogP contribution in [0, 0.1) is 11.3 Å². The fourth-order valence-electron chi connectivity index (χ4n) is 3.28. The van der Waals surface area contributed by atoms with Crippen LogP contribution in [0.15, 0.2) is 48.5 Å². The first-order valence-corrected chi connectivity index (χ1v) is 10.2. The van der Waals surface area contributed by atoms with Gasteiger partial charge in [-0.05, 0) is 36.4 Å². The lowest BCUT2D eigenvalue weighted by atomic mass is 10.1. The lowest BCUT2D eigenvalue weighted by Crippen LogP contribution is -2.48. The zero-order valence-electron chi connectivity index (χ0n) is 15.5. The van der Waals surface area contributed by atoms with Gasteiger partial charge in [-0.1, -0.05) is 23.5 Å². The van der Waals surface area contributed by atoms with Gasteiger partial charge in [0.25, 0.3) is 5.91 Å². The summed E-state index contributed by atoms with van der Waals surface area (Å²) in [4.78, 5) is 21.6. The normalized spacial score (nSPS) is 14.8. The van der Waals surface area contributed by atoms with Gasteiger partial charge in [-0.3, -0.25) is 9.69 Å². The van der Waals surface area contributed by atoms with Crippen LogP contribution in [0.5, 0.6) is 0 Å². The van der Waals surface area contributed by atoms with Crippen LogP contribution < -0.4 is 10.2 Å². The van der Waals surface area contributed by atoms with Gasteiger partial charge in [-0.15, -0.1) is 0 Å². The van der Waals surface area contributed by atoms with E-state index in [-0.39, 0.29) is 5.91 Å². The monoisotopic (exact) mass is 391 g/mol. The van der Waals surface area contributed by atoms with E-state index in [1.165, 1.54) is 4.70 Å². The Balaban J connectivity index is 1.23. The molecule has 28 heavy (non-hydrogen) atoms. The Kier molecular flexibility index (Phi) is 5.51. The number of piperazine rings is 1. The van der Waals surface area contributed by atoms with Crippen molar-refractivity contribution in [3.8, 4) is 6.07 Å². The molecule has 6 nitrogen and oxygen atoms in total. The number of hydrogen-bond donors (Lipinski definition) is 1. The number of nitriles is 1. The first kappa shape index (κ1) is 18.4. The van der Waals surface area contributed by atoms with Crippen LogP contribution in [0.2, 0.25) is 0 Å². The van der Waals surface area contributed by atoms with E-state index in [0.29, 0.717) is 17.7 Å². The first-order valence-electron chi connectivity index (χ1n) is 9.34. The summed E-state index contributed by atoms with van der Waals surface area (Å²) in [6, 6.07) is 17.0. The van der Waals surface area contributed by atoms with E-state index >= 15 is 0 Å². The maximum Gasteiger partial charge on any atom is 0.251 e. The number of fused-ring (bicyclic) bond motifs is 1. The van der Waals surface area contributed by atoms with E-state index in [4.69, 9.17) is 10.2 Å². The summed E-state index contributed by atoms with van der Waals surface area (Å²) in [5.41, 5.74) is 2.21. The van der Waals surface area contributed by atoms with Gasteiger partial charge in [0, 0.05) is 44.8 Å².